The van der Waals surface area contributed by atoms with Crippen LogP contribution in [-0.4, -0.2) is 0 Å². The topological polar surface area (TPSA) is 0 Å². The highest BCUT2D eigenvalue weighted by molar-refractivity contribution is 7.20. The number of rotatable bonds is 3. The molecule has 2 heteroatoms. The number of benzene rings is 2. The van der Waals surface area contributed by atoms with E-state index >= 15 is 0 Å². The Bertz CT molecular complexity index is 872. The monoisotopic (exact) mass is 346 g/mol. The quantitative estimate of drug-likeness (QED) is 0.362. The zero-order chi connectivity index (χ0) is 16.5. The Morgan fingerprint density at radius 1 is 0.500 bits per heavy atom. The predicted octanol–water partition coefficient (Wildman–Crippen LogP) is 7.43. The molecule has 0 amide bonds. The van der Waals surface area contributed by atoms with E-state index in [1.165, 1.54) is 43.1 Å². The maximum Gasteiger partial charge on any atom is 0.0449 e. The molecule has 4 rings (SSSR count). The lowest BCUT2D eigenvalue weighted by atomic mass is 10.1. The summed E-state index contributed by atoms with van der Waals surface area (Å²) >= 11 is 3.65. The summed E-state index contributed by atoms with van der Waals surface area (Å²) in [6.45, 7) is 4.25. The second kappa shape index (κ2) is 6.39. The highest BCUT2D eigenvalue weighted by atomic mass is 32.1. The zero-order valence-electron chi connectivity index (χ0n) is 13.7. The van der Waals surface area contributed by atoms with Crippen molar-refractivity contribution in [2.45, 2.75) is 13.8 Å². The van der Waals surface area contributed by atoms with Crippen LogP contribution in [0.1, 0.15) is 11.1 Å². The Kier molecular flexibility index (Phi) is 4.09. The number of thiophene rings is 2. The number of hydrogen-bond donors (Lipinski definition) is 0. The van der Waals surface area contributed by atoms with E-state index in [1.807, 2.05) is 22.7 Å². The van der Waals surface area contributed by atoms with Crippen LogP contribution >= 0.6 is 22.7 Å². The lowest BCUT2D eigenvalue weighted by Crippen LogP contribution is -1.75. The van der Waals surface area contributed by atoms with Crippen LogP contribution < -0.4 is 0 Å². The molecular weight excluding hydrogens is 328 g/mol. The van der Waals surface area contributed by atoms with Gasteiger partial charge in [-0.05, 0) is 59.0 Å². The molecule has 0 spiro atoms. The largest absolute Gasteiger partial charge is 0.142 e. The highest BCUT2D eigenvalue weighted by Gasteiger charge is 2.08. The summed E-state index contributed by atoms with van der Waals surface area (Å²) in [5.74, 6) is 0. The molecule has 0 atom stereocenters. The van der Waals surface area contributed by atoms with Crippen LogP contribution in [0.2, 0.25) is 0 Å². The first-order chi connectivity index (χ1) is 11.7. The third-order valence-corrected chi connectivity index (χ3v) is 6.27. The first-order valence-corrected chi connectivity index (χ1v) is 9.76. The van der Waals surface area contributed by atoms with E-state index in [2.05, 4.69) is 85.3 Å². The minimum absolute atomic E-state index is 1.29. The van der Waals surface area contributed by atoms with E-state index in [-0.39, 0.29) is 0 Å². The molecule has 24 heavy (non-hydrogen) atoms. The second-order valence-corrected chi connectivity index (χ2v) is 7.95. The fourth-order valence-corrected chi connectivity index (χ4v) is 4.67. The molecule has 2 aromatic carbocycles. The summed E-state index contributed by atoms with van der Waals surface area (Å²) in [7, 11) is 0. The predicted molar refractivity (Wildman–Crippen MR) is 108 cm³/mol. The Labute approximate surface area is 151 Å². The summed E-state index contributed by atoms with van der Waals surface area (Å²) in [6.07, 6.45) is 0. The van der Waals surface area contributed by atoms with Crippen LogP contribution in [0.25, 0.3) is 32.0 Å². The zero-order valence-corrected chi connectivity index (χ0v) is 15.4. The lowest BCUT2D eigenvalue weighted by molar-refractivity contribution is 1.47. The van der Waals surface area contributed by atoms with Gasteiger partial charge in [-0.25, -0.2) is 0 Å². The number of aryl methyl sites for hydroxylation is 2. The molecule has 0 N–H and O–H groups in total. The molecule has 2 heterocycles. The van der Waals surface area contributed by atoms with E-state index in [9.17, 15) is 0 Å². The van der Waals surface area contributed by atoms with Gasteiger partial charge in [-0.2, -0.15) is 0 Å². The fourth-order valence-electron chi connectivity index (χ4n) is 2.73. The van der Waals surface area contributed by atoms with Crippen molar-refractivity contribution >= 4 is 22.7 Å². The minimum Gasteiger partial charge on any atom is -0.142 e. The smallest absolute Gasteiger partial charge is 0.0449 e. The molecule has 0 bridgehead atoms. The van der Waals surface area contributed by atoms with Crippen molar-refractivity contribution in [3.63, 3.8) is 0 Å². The summed E-state index contributed by atoms with van der Waals surface area (Å²) in [5.41, 5.74) is 7.79. The maximum absolute atomic E-state index is 2.31. The van der Waals surface area contributed by atoms with E-state index in [0.717, 1.165) is 0 Å². The Balaban J connectivity index is 1.63. The van der Waals surface area contributed by atoms with Crippen molar-refractivity contribution < 1.29 is 0 Å². The van der Waals surface area contributed by atoms with Crippen LogP contribution in [0, 0.1) is 13.8 Å². The van der Waals surface area contributed by atoms with E-state index < -0.39 is 0 Å². The molecule has 0 aliphatic heterocycles. The van der Waals surface area contributed by atoms with Crippen molar-refractivity contribution in [1.29, 1.82) is 0 Å². The summed E-state index contributed by atoms with van der Waals surface area (Å²) in [4.78, 5) is 2.68. The van der Waals surface area contributed by atoms with Gasteiger partial charge < -0.3 is 0 Å². The van der Waals surface area contributed by atoms with Gasteiger partial charge in [0, 0.05) is 9.75 Å². The van der Waals surface area contributed by atoms with Gasteiger partial charge in [0.1, 0.15) is 0 Å². The van der Waals surface area contributed by atoms with Crippen LogP contribution in [0.3, 0.4) is 0 Å². The van der Waals surface area contributed by atoms with Crippen LogP contribution in [0.15, 0.2) is 71.4 Å². The molecule has 0 saturated carbocycles. The van der Waals surface area contributed by atoms with Gasteiger partial charge in [-0.15, -0.1) is 22.7 Å². The normalized spacial score (nSPS) is 10.9. The first-order valence-electron chi connectivity index (χ1n) is 8.00. The van der Waals surface area contributed by atoms with Gasteiger partial charge in [0.25, 0.3) is 0 Å². The Morgan fingerprint density at radius 2 is 0.875 bits per heavy atom. The SMILES string of the molecule is Cc1ccc(-c2csc(-c3cc(-c4ccc(C)cc4)cs3)c2)cc1. The molecule has 0 aliphatic carbocycles. The first kappa shape index (κ1) is 15.4. The lowest BCUT2D eigenvalue weighted by Gasteiger charge is -1.98. The summed E-state index contributed by atoms with van der Waals surface area (Å²) in [5, 5.41) is 4.51. The molecule has 0 unspecified atom stereocenters. The van der Waals surface area contributed by atoms with Gasteiger partial charge >= 0.3 is 0 Å². The summed E-state index contributed by atoms with van der Waals surface area (Å²) in [6, 6.07) is 22.1. The third kappa shape index (κ3) is 3.08. The van der Waals surface area contributed by atoms with E-state index in [4.69, 9.17) is 0 Å². The molecule has 0 nitrogen and oxygen atoms in total. The molecule has 118 valence electrons. The van der Waals surface area contributed by atoms with Crippen LogP contribution in [-0.2, 0) is 0 Å². The van der Waals surface area contributed by atoms with Crippen molar-refractivity contribution in [2.24, 2.45) is 0 Å². The van der Waals surface area contributed by atoms with Crippen LogP contribution in [0.5, 0.6) is 0 Å². The molecule has 0 saturated heterocycles. The fraction of sp³-hybridized carbons (Fsp3) is 0.0909. The van der Waals surface area contributed by atoms with Crippen molar-refractivity contribution in [3.8, 4) is 32.0 Å². The Hall–Kier alpha value is -2.16. The van der Waals surface area contributed by atoms with Gasteiger partial charge in [0.15, 0.2) is 0 Å². The Morgan fingerprint density at radius 3 is 1.25 bits per heavy atom. The molecule has 4 aromatic rings. The van der Waals surface area contributed by atoms with Crippen LogP contribution in [0.4, 0.5) is 0 Å². The van der Waals surface area contributed by atoms with E-state index in [0.29, 0.717) is 0 Å². The highest BCUT2D eigenvalue weighted by Crippen LogP contribution is 2.38. The molecule has 0 aliphatic rings. The number of hydrogen-bond acceptors (Lipinski definition) is 2. The maximum atomic E-state index is 2.31. The van der Waals surface area contributed by atoms with Gasteiger partial charge in [0.2, 0.25) is 0 Å². The molecular formula is C22H18S2. The average molecular weight is 347 g/mol. The van der Waals surface area contributed by atoms with Crippen molar-refractivity contribution in [3.05, 3.63) is 82.6 Å². The average Bonchev–Trinajstić information content (AvgIpc) is 3.25. The minimum atomic E-state index is 1.29. The van der Waals surface area contributed by atoms with Gasteiger partial charge in [0.05, 0.1) is 0 Å². The second-order valence-electron chi connectivity index (χ2n) is 6.13. The van der Waals surface area contributed by atoms with Crippen molar-refractivity contribution in [2.75, 3.05) is 0 Å². The van der Waals surface area contributed by atoms with Gasteiger partial charge in [-0.1, -0.05) is 59.7 Å². The standard InChI is InChI=1S/C22H18S2/c1-15-3-7-17(8-4-15)19-11-21(23-13-19)22-12-20(14-24-22)18-9-5-16(2)6-10-18/h3-14H,1-2H3. The third-order valence-electron chi connectivity index (χ3n) is 4.21. The summed E-state index contributed by atoms with van der Waals surface area (Å²) < 4.78 is 0. The molecule has 2 aromatic heterocycles. The molecule has 0 fully saturated rings. The van der Waals surface area contributed by atoms with Gasteiger partial charge in [-0.3, -0.25) is 0 Å². The van der Waals surface area contributed by atoms with Crippen molar-refractivity contribution in [1.82, 2.24) is 0 Å². The molecule has 0 radical (unpaired) electrons. The van der Waals surface area contributed by atoms with E-state index in [1.54, 1.807) is 0 Å².